The van der Waals surface area contributed by atoms with Gasteiger partial charge in [-0.3, -0.25) is 4.79 Å². The quantitative estimate of drug-likeness (QED) is 0.537. The standard InChI is InChI=1S/C24H31N3O4/c1-16(2)27-24(30)26-15-19-10-12-21(13-11-19)23(29)31-18(4)22(28)25-14-17(3)20-8-6-5-7-9-20/h5-13,16-18H,14-15H2,1-4H3,(H,25,28)(H2,26,27,30)/t17-,18+/m1/s1. The number of benzene rings is 2. The molecule has 0 saturated heterocycles. The molecule has 3 amide bonds. The van der Waals surface area contributed by atoms with Gasteiger partial charge in [-0.2, -0.15) is 0 Å². The number of rotatable bonds is 9. The van der Waals surface area contributed by atoms with E-state index in [0.29, 0.717) is 18.7 Å². The monoisotopic (exact) mass is 425 g/mol. The van der Waals surface area contributed by atoms with Gasteiger partial charge in [-0.15, -0.1) is 0 Å². The smallest absolute Gasteiger partial charge is 0.338 e. The Hall–Kier alpha value is -3.35. The number of carbonyl (C=O) groups is 3. The molecule has 2 rings (SSSR count). The minimum Gasteiger partial charge on any atom is -0.449 e. The Morgan fingerprint density at radius 2 is 1.52 bits per heavy atom. The maximum atomic E-state index is 12.3. The van der Waals surface area contributed by atoms with Gasteiger partial charge in [-0.1, -0.05) is 49.4 Å². The van der Waals surface area contributed by atoms with Gasteiger partial charge in [0, 0.05) is 19.1 Å². The fourth-order valence-corrected chi connectivity index (χ4v) is 2.83. The van der Waals surface area contributed by atoms with Crippen LogP contribution in [-0.4, -0.2) is 36.6 Å². The van der Waals surface area contributed by atoms with Gasteiger partial charge in [-0.05, 0) is 49.9 Å². The molecule has 31 heavy (non-hydrogen) atoms. The highest BCUT2D eigenvalue weighted by atomic mass is 16.5. The van der Waals surface area contributed by atoms with Crippen molar-refractivity contribution in [3.05, 3.63) is 71.3 Å². The van der Waals surface area contributed by atoms with Crippen LogP contribution in [-0.2, 0) is 16.1 Å². The van der Waals surface area contributed by atoms with Crippen LogP contribution in [0.2, 0.25) is 0 Å². The summed E-state index contributed by atoms with van der Waals surface area (Å²) in [7, 11) is 0. The lowest BCUT2D eigenvalue weighted by Crippen LogP contribution is -2.39. The molecule has 0 heterocycles. The minimum atomic E-state index is -0.906. The van der Waals surface area contributed by atoms with E-state index in [0.717, 1.165) is 11.1 Å². The number of urea groups is 1. The Morgan fingerprint density at radius 3 is 2.13 bits per heavy atom. The van der Waals surface area contributed by atoms with E-state index in [9.17, 15) is 14.4 Å². The molecule has 3 N–H and O–H groups in total. The van der Waals surface area contributed by atoms with Crippen molar-refractivity contribution in [1.82, 2.24) is 16.0 Å². The van der Waals surface area contributed by atoms with Crippen LogP contribution in [0.5, 0.6) is 0 Å². The van der Waals surface area contributed by atoms with Crippen LogP contribution < -0.4 is 16.0 Å². The maximum absolute atomic E-state index is 12.3. The van der Waals surface area contributed by atoms with E-state index < -0.39 is 12.1 Å². The van der Waals surface area contributed by atoms with E-state index in [1.165, 1.54) is 0 Å². The van der Waals surface area contributed by atoms with Crippen molar-refractivity contribution in [3.8, 4) is 0 Å². The minimum absolute atomic E-state index is 0.0536. The lowest BCUT2D eigenvalue weighted by molar-refractivity contribution is -0.129. The van der Waals surface area contributed by atoms with Gasteiger partial charge < -0.3 is 20.7 Å². The number of ether oxygens (including phenoxy) is 1. The molecular formula is C24H31N3O4. The lowest BCUT2D eigenvalue weighted by Gasteiger charge is -2.17. The molecule has 0 saturated carbocycles. The average Bonchev–Trinajstić information content (AvgIpc) is 2.76. The van der Waals surface area contributed by atoms with Gasteiger partial charge in [0.15, 0.2) is 6.10 Å². The molecule has 2 aromatic rings. The molecular weight excluding hydrogens is 394 g/mol. The topological polar surface area (TPSA) is 96.5 Å². The molecule has 7 heteroatoms. The Balaban J connectivity index is 1.79. The predicted octanol–water partition coefficient (Wildman–Crippen LogP) is 3.36. The molecule has 166 valence electrons. The third-order valence-corrected chi connectivity index (χ3v) is 4.67. The molecule has 0 spiro atoms. The summed E-state index contributed by atoms with van der Waals surface area (Å²) in [5.41, 5.74) is 2.31. The van der Waals surface area contributed by atoms with Crippen molar-refractivity contribution in [3.63, 3.8) is 0 Å². The van der Waals surface area contributed by atoms with Gasteiger partial charge in [0.2, 0.25) is 0 Å². The first kappa shape index (κ1) is 23.9. The second-order valence-corrected chi connectivity index (χ2v) is 7.78. The summed E-state index contributed by atoms with van der Waals surface area (Å²) >= 11 is 0. The zero-order chi connectivity index (χ0) is 22.8. The van der Waals surface area contributed by atoms with Crippen LogP contribution in [0.25, 0.3) is 0 Å². The Kier molecular flexibility index (Phi) is 9.06. The highest BCUT2D eigenvalue weighted by Crippen LogP contribution is 2.13. The molecule has 0 aliphatic heterocycles. The fourth-order valence-electron chi connectivity index (χ4n) is 2.83. The second kappa shape index (κ2) is 11.7. The lowest BCUT2D eigenvalue weighted by atomic mass is 10.0. The molecule has 0 radical (unpaired) electrons. The highest BCUT2D eigenvalue weighted by molar-refractivity contribution is 5.92. The van der Waals surface area contributed by atoms with Gasteiger partial charge in [0.25, 0.3) is 5.91 Å². The molecule has 0 aliphatic carbocycles. The first-order valence-corrected chi connectivity index (χ1v) is 10.4. The van der Waals surface area contributed by atoms with Crippen molar-refractivity contribution in [1.29, 1.82) is 0 Å². The first-order chi connectivity index (χ1) is 14.8. The first-order valence-electron chi connectivity index (χ1n) is 10.4. The zero-order valence-electron chi connectivity index (χ0n) is 18.5. The number of hydrogen-bond donors (Lipinski definition) is 3. The molecule has 0 fully saturated rings. The van der Waals surface area contributed by atoms with Crippen LogP contribution >= 0.6 is 0 Å². The third kappa shape index (κ3) is 8.12. The Morgan fingerprint density at radius 1 is 0.871 bits per heavy atom. The third-order valence-electron chi connectivity index (χ3n) is 4.67. The van der Waals surface area contributed by atoms with Crippen LogP contribution in [0.4, 0.5) is 4.79 Å². The zero-order valence-corrected chi connectivity index (χ0v) is 18.5. The summed E-state index contributed by atoms with van der Waals surface area (Å²) in [6.07, 6.45) is -0.906. The van der Waals surface area contributed by atoms with Crippen molar-refractivity contribution in [2.24, 2.45) is 0 Å². The van der Waals surface area contributed by atoms with Crippen molar-refractivity contribution in [2.45, 2.75) is 52.3 Å². The number of amides is 3. The normalized spacial score (nSPS) is 12.5. The highest BCUT2D eigenvalue weighted by Gasteiger charge is 2.19. The maximum Gasteiger partial charge on any atom is 0.338 e. The summed E-state index contributed by atoms with van der Waals surface area (Å²) in [5, 5.41) is 8.31. The molecule has 0 unspecified atom stereocenters. The van der Waals surface area contributed by atoms with Crippen molar-refractivity contribution in [2.75, 3.05) is 6.54 Å². The van der Waals surface area contributed by atoms with E-state index in [2.05, 4.69) is 16.0 Å². The van der Waals surface area contributed by atoms with Gasteiger partial charge >= 0.3 is 12.0 Å². The summed E-state index contributed by atoms with van der Waals surface area (Å²) in [6, 6.07) is 16.4. The molecule has 2 aromatic carbocycles. The van der Waals surface area contributed by atoms with Crippen LogP contribution in [0.3, 0.4) is 0 Å². The molecule has 2 atom stereocenters. The van der Waals surface area contributed by atoms with E-state index in [4.69, 9.17) is 4.74 Å². The van der Waals surface area contributed by atoms with Crippen molar-refractivity contribution >= 4 is 17.9 Å². The van der Waals surface area contributed by atoms with E-state index >= 15 is 0 Å². The number of nitrogens with one attached hydrogen (secondary N) is 3. The van der Waals surface area contributed by atoms with E-state index in [1.54, 1.807) is 31.2 Å². The van der Waals surface area contributed by atoms with Gasteiger partial charge in [-0.25, -0.2) is 9.59 Å². The van der Waals surface area contributed by atoms with Crippen molar-refractivity contribution < 1.29 is 19.1 Å². The van der Waals surface area contributed by atoms with Crippen LogP contribution in [0.15, 0.2) is 54.6 Å². The predicted molar refractivity (Wildman–Crippen MR) is 120 cm³/mol. The molecule has 0 aromatic heterocycles. The molecule has 7 nitrogen and oxygen atoms in total. The second-order valence-electron chi connectivity index (χ2n) is 7.78. The Bertz CT molecular complexity index is 866. The number of esters is 1. The average molecular weight is 426 g/mol. The summed E-state index contributed by atoms with van der Waals surface area (Å²) in [6.45, 7) is 8.13. The van der Waals surface area contributed by atoms with Crippen LogP contribution in [0.1, 0.15) is 55.1 Å². The fraction of sp³-hybridized carbons (Fsp3) is 0.375. The van der Waals surface area contributed by atoms with E-state index in [1.807, 2.05) is 51.1 Å². The SMILES string of the molecule is CC(C)NC(=O)NCc1ccc(C(=O)O[C@@H](C)C(=O)NC[C@@H](C)c2ccccc2)cc1. The van der Waals surface area contributed by atoms with Crippen LogP contribution in [0, 0.1) is 0 Å². The largest absolute Gasteiger partial charge is 0.449 e. The van der Waals surface area contributed by atoms with Gasteiger partial charge in [0.05, 0.1) is 5.56 Å². The van der Waals surface area contributed by atoms with E-state index in [-0.39, 0.29) is 23.9 Å². The molecule has 0 aliphatic rings. The number of carbonyl (C=O) groups excluding carboxylic acids is 3. The summed E-state index contributed by atoms with van der Waals surface area (Å²) in [5.74, 6) is -0.763. The number of hydrogen-bond acceptors (Lipinski definition) is 4. The Labute approximate surface area is 183 Å². The summed E-state index contributed by atoms with van der Waals surface area (Å²) < 4.78 is 5.29. The molecule has 0 bridgehead atoms. The van der Waals surface area contributed by atoms with Gasteiger partial charge in [0.1, 0.15) is 0 Å². The summed E-state index contributed by atoms with van der Waals surface area (Å²) in [4.78, 5) is 36.3.